The highest BCUT2D eigenvalue weighted by Gasteiger charge is 2.33. The van der Waals surface area contributed by atoms with Gasteiger partial charge in [-0.2, -0.15) is 5.10 Å². The van der Waals surface area contributed by atoms with Crippen molar-refractivity contribution < 1.29 is 24.1 Å². The van der Waals surface area contributed by atoms with Gasteiger partial charge in [-0.25, -0.2) is 5.43 Å². The molecule has 1 aromatic carbocycles. The number of nitrogens with zero attached hydrogens (tertiary/aromatic N) is 1. The Bertz CT molecular complexity index is 585. The van der Waals surface area contributed by atoms with Gasteiger partial charge in [-0.05, 0) is 47.2 Å². The second-order valence-corrected chi connectivity index (χ2v) is 6.02. The largest absolute Gasteiger partial charge is 0.504 e. The van der Waals surface area contributed by atoms with E-state index in [0.29, 0.717) is 28.1 Å². The third-order valence-corrected chi connectivity index (χ3v) is 3.88. The van der Waals surface area contributed by atoms with E-state index in [-0.39, 0.29) is 18.1 Å². The lowest BCUT2D eigenvalue weighted by molar-refractivity contribution is -0.159. The van der Waals surface area contributed by atoms with Crippen molar-refractivity contribution in [1.29, 1.82) is 0 Å². The van der Waals surface area contributed by atoms with Crippen molar-refractivity contribution in [3.63, 3.8) is 0 Å². The Kier molecular flexibility index (Phi) is 5.59. The Hall–Kier alpha value is -1.39. The van der Waals surface area contributed by atoms with Crippen LogP contribution in [0.5, 0.6) is 11.5 Å². The van der Waals surface area contributed by atoms with Gasteiger partial charge in [-0.15, -0.1) is 0 Å². The Morgan fingerprint density at radius 3 is 2.86 bits per heavy atom. The predicted octanol–water partition coefficient (Wildman–Crippen LogP) is 1.61. The standard InChI is InChI=1S/C14H17IN2O5/c1-14(21-3-4-22-14)7-12(18)17-16-8-9-5-10(15)13(19)11(6-9)20-2/h5-6,8,19H,3-4,7H2,1-2H3,(H,17,18)/b16-8+. The molecule has 1 aliphatic heterocycles. The van der Waals surface area contributed by atoms with Crippen LogP contribution >= 0.6 is 22.6 Å². The maximum absolute atomic E-state index is 11.8. The number of halogens is 1. The molecule has 22 heavy (non-hydrogen) atoms. The summed E-state index contributed by atoms with van der Waals surface area (Å²) in [5.41, 5.74) is 3.11. The molecule has 1 aromatic rings. The van der Waals surface area contributed by atoms with Crippen molar-refractivity contribution in [2.45, 2.75) is 19.1 Å². The molecule has 1 fully saturated rings. The molecule has 0 unspecified atom stereocenters. The van der Waals surface area contributed by atoms with Gasteiger partial charge < -0.3 is 19.3 Å². The first kappa shape index (κ1) is 17.0. The zero-order valence-corrected chi connectivity index (χ0v) is 14.4. The van der Waals surface area contributed by atoms with Gasteiger partial charge >= 0.3 is 0 Å². The molecule has 0 spiro atoms. The van der Waals surface area contributed by atoms with Crippen molar-refractivity contribution >= 4 is 34.7 Å². The summed E-state index contributed by atoms with van der Waals surface area (Å²) < 4.78 is 16.4. The SMILES string of the molecule is COc1cc(/C=N/NC(=O)CC2(C)OCCO2)cc(I)c1O. The molecule has 120 valence electrons. The van der Waals surface area contributed by atoms with E-state index in [1.165, 1.54) is 13.3 Å². The Morgan fingerprint density at radius 2 is 2.23 bits per heavy atom. The molecule has 7 nitrogen and oxygen atoms in total. The third-order valence-electron chi connectivity index (χ3n) is 3.05. The molecule has 0 aromatic heterocycles. The van der Waals surface area contributed by atoms with E-state index in [1.54, 1.807) is 19.1 Å². The van der Waals surface area contributed by atoms with Gasteiger partial charge in [0.25, 0.3) is 0 Å². The molecule has 2 rings (SSSR count). The summed E-state index contributed by atoms with van der Waals surface area (Å²) in [7, 11) is 1.47. The van der Waals surface area contributed by atoms with E-state index in [0.717, 1.165) is 0 Å². The molecule has 1 aliphatic rings. The van der Waals surface area contributed by atoms with Crippen molar-refractivity contribution in [1.82, 2.24) is 5.43 Å². The second-order valence-electron chi connectivity index (χ2n) is 4.85. The minimum absolute atomic E-state index is 0.0702. The summed E-state index contributed by atoms with van der Waals surface area (Å²) in [5, 5.41) is 13.6. The van der Waals surface area contributed by atoms with Crippen LogP contribution < -0.4 is 10.2 Å². The van der Waals surface area contributed by atoms with Gasteiger partial charge in [0.05, 0.1) is 36.5 Å². The first-order valence-corrected chi connectivity index (χ1v) is 7.68. The van der Waals surface area contributed by atoms with Crippen molar-refractivity contribution in [2.24, 2.45) is 5.10 Å². The molecule has 0 radical (unpaired) electrons. The molecule has 1 amide bonds. The highest BCUT2D eigenvalue weighted by molar-refractivity contribution is 14.1. The minimum Gasteiger partial charge on any atom is -0.504 e. The predicted molar refractivity (Wildman–Crippen MR) is 88.0 cm³/mol. The zero-order chi connectivity index (χ0) is 16.2. The number of carbonyl (C=O) groups excluding carboxylic acids is 1. The molecule has 0 atom stereocenters. The number of ether oxygens (including phenoxy) is 3. The Balaban J connectivity index is 1.95. The van der Waals surface area contributed by atoms with Crippen LogP contribution in [0.15, 0.2) is 17.2 Å². The minimum atomic E-state index is -0.878. The maximum Gasteiger partial charge on any atom is 0.245 e. The summed E-state index contributed by atoms with van der Waals surface area (Å²) in [4.78, 5) is 11.8. The van der Waals surface area contributed by atoms with Crippen molar-refractivity contribution in [3.05, 3.63) is 21.3 Å². The van der Waals surface area contributed by atoms with E-state index in [9.17, 15) is 9.90 Å². The lowest BCUT2D eigenvalue weighted by Gasteiger charge is -2.20. The van der Waals surface area contributed by atoms with E-state index in [4.69, 9.17) is 14.2 Å². The molecule has 0 bridgehead atoms. The molecular formula is C14H17IN2O5. The number of methoxy groups -OCH3 is 1. The Labute approximate surface area is 141 Å². The highest BCUT2D eigenvalue weighted by Crippen LogP contribution is 2.31. The molecule has 1 saturated heterocycles. The number of nitrogens with one attached hydrogen (secondary N) is 1. The van der Waals surface area contributed by atoms with Gasteiger partial charge in [0.15, 0.2) is 17.3 Å². The van der Waals surface area contributed by atoms with Crippen LogP contribution in [0.25, 0.3) is 0 Å². The van der Waals surface area contributed by atoms with Crippen LogP contribution in [0.2, 0.25) is 0 Å². The topological polar surface area (TPSA) is 89.4 Å². The van der Waals surface area contributed by atoms with Crippen LogP contribution in [0, 0.1) is 3.57 Å². The maximum atomic E-state index is 11.8. The van der Waals surface area contributed by atoms with Gasteiger partial charge in [0.1, 0.15) is 0 Å². The summed E-state index contributed by atoms with van der Waals surface area (Å²) >= 11 is 1.99. The fraction of sp³-hybridized carbons (Fsp3) is 0.429. The quantitative estimate of drug-likeness (QED) is 0.429. The number of hydrogen-bond donors (Lipinski definition) is 2. The number of carbonyl (C=O) groups is 1. The average molecular weight is 420 g/mol. The number of amides is 1. The number of aromatic hydroxyl groups is 1. The smallest absolute Gasteiger partial charge is 0.245 e. The molecule has 8 heteroatoms. The summed E-state index contributed by atoms with van der Waals surface area (Å²) in [6.07, 6.45) is 1.54. The molecule has 2 N–H and O–H groups in total. The van der Waals surface area contributed by atoms with E-state index >= 15 is 0 Å². The van der Waals surface area contributed by atoms with Crippen LogP contribution in [-0.4, -0.2) is 43.3 Å². The van der Waals surface area contributed by atoms with Crippen molar-refractivity contribution in [2.75, 3.05) is 20.3 Å². The van der Waals surface area contributed by atoms with Gasteiger partial charge in [-0.3, -0.25) is 4.79 Å². The Morgan fingerprint density at radius 1 is 1.55 bits per heavy atom. The lowest BCUT2D eigenvalue weighted by Crippen LogP contribution is -2.33. The molecule has 0 saturated carbocycles. The second kappa shape index (κ2) is 7.25. The molecular weight excluding hydrogens is 403 g/mol. The van der Waals surface area contributed by atoms with Crippen molar-refractivity contribution in [3.8, 4) is 11.5 Å². The van der Waals surface area contributed by atoms with Crippen LogP contribution in [-0.2, 0) is 14.3 Å². The third kappa shape index (κ3) is 4.31. The summed E-state index contributed by atoms with van der Waals surface area (Å²) in [6, 6.07) is 3.34. The average Bonchev–Trinajstić information content (AvgIpc) is 2.88. The van der Waals surface area contributed by atoms with E-state index in [2.05, 4.69) is 10.5 Å². The molecule has 1 heterocycles. The van der Waals surface area contributed by atoms with Gasteiger partial charge in [0, 0.05) is 0 Å². The van der Waals surface area contributed by atoms with Crippen LogP contribution in [0.3, 0.4) is 0 Å². The summed E-state index contributed by atoms with van der Waals surface area (Å²) in [5.74, 6) is -0.759. The van der Waals surface area contributed by atoms with E-state index < -0.39 is 5.79 Å². The number of benzene rings is 1. The fourth-order valence-corrected chi connectivity index (χ4v) is 2.62. The van der Waals surface area contributed by atoms with Crippen LogP contribution in [0.4, 0.5) is 0 Å². The number of phenols is 1. The first-order valence-electron chi connectivity index (χ1n) is 6.60. The number of hydrazone groups is 1. The monoisotopic (exact) mass is 420 g/mol. The number of rotatable bonds is 5. The van der Waals surface area contributed by atoms with Gasteiger partial charge in [-0.1, -0.05) is 0 Å². The number of phenolic OH excluding ortho intramolecular Hbond substituents is 1. The number of hydrogen-bond acceptors (Lipinski definition) is 6. The van der Waals surface area contributed by atoms with Crippen LogP contribution in [0.1, 0.15) is 18.9 Å². The van der Waals surface area contributed by atoms with E-state index in [1.807, 2.05) is 22.6 Å². The zero-order valence-electron chi connectivity index (χ0n) is 12.3. The highest BCUT2D eigenvalue weighted by atomic mass is 127. The molecule has 0 aliphatic carbocycles. The van der Waals surface area contributed by atoms with Gasteiger partial charge in [0.2, 0.25) is 5.91 Å². The lowest BCUT2D eigenvalue weighted by atomic mass is 10.2. The summed E-state index contributed by atoms with van der Waals surface area (Å²) in [6.45, 7) is 2.69. The first-order chi connectivity index (χ1) is 10.4. The normalized spacial score (nSPS) is 16.9. The fourth-order valence-electron chi connectivity index (χ4n) is 1.99.